The largest absolute Gasteiger partial charge is 0.275 e. The third kappa shape index (κ3) is 2.97. The van der Waals surface area contributed by atoms with E-state index in [4.69, 9.17) is 16.6 Å². The molecule has 5 rings (SSSR count). The Hall–Kier alpha value is -3.84. The number of imidazole rings is 1. The summed E-state index contributed by atoms with van der Waals surface area (Å²) in [6, 6.07) is 21.1. The van der Waals surface area contributed by atoms with Gasteiger partial charge in [-0.05, 0) is 30.3 Å². The summed E-state index contributed by atoms with van der Waals surface area (Å²) in [6.45, 7) is 0. The quantitative estimate of drug-likeness (QED) is 0.306. The third-order valence-corrected chi connectivity index (χ3v) is 4.79. The van der Waals surface area contributed by atoms with Crippen LogP contribution in [0.5, 0.6) is 0 Å². The first-order chi connectivity index (χ1) is 14.1. The van der Waals surface area contributed by atoms with Crippen molar-refractivity contribution in [1.82, 2.24) is 19.5 Å². The van der Waals surface area contributed by atoms with E-state index in [9.17, 15) is 10.1 Å². The van der Waals surface area contributed by atoms with Crippen molar-refractivity contribution < 1.29 is 4.92 Å². The molecule has 140 valence electrons. The molecular formula is C21H12ClN5O2. The number of fused-ring (bicyclic) bond motifs is 2. The van der Waals surface area contributed by atoms with Gasteiger partial charge in [-0.1, -0.05) is 41.9 Å². The number of rotatable bonds is 3. The molecule has 0 atom stereocenters. The van der Waals surface area contributed by atoms with Gasteiger partial charge in [-0.2, -0.15) is 0 Å². The molecule has 3 aromatic carbocycles. The predicted molar refractivity (Wildman–Crippen MR) is 111 cm³/mol. The van der Waals surface area contributed by atoms with Gasteiger partial charge in [-0.15, -0.1) is 0 Å². The second-order valence-electron chi connectivity index (χ2n) is 6.42. The van der Waals surface area contributed by atoms with Crippen LogP contribution in [0.15, 0.2) is 72.8 Å². The Morgan fingerprint density at radius 2 is 1.62 bits per heavy atom. The first kappa shape index (κ1) is 17.3. The molecule has 0 aliphatic carbocycles. The topological polar surface area (TPSA) is 86.7 Å². The maximum atomic E-state index is 11.3. The van der Waals surface area contributed by atoms with Crippen LogP contribution in [0.25, 0.3) is 39.4 Å². The average molecular weight is 402 g/mol. The van der Waals surface area contributed by atoms with Gasteiger partial charge in [0.05, 0.1) is 21.6 Å². The Morgan fingerprint density at radius 3 is 2.38 bits per heavy atom. The number of hydrogen-bond donors (Lipinski definition) is 0. The Labute approximate surface area is 169 Å². The molecule has 2 aromatic heterocycles. The number of benzene rings is 3. The molecule has 0 saturated carbocycles. The monoisotopic (exact) mass is 401 g/mol. The standard InChI is InChI=1S/C21H12ClN5O2/c22-14-6-4-7-15(12-14)26-20(13-5-3-8-16(11-13)27(28)29)25-19-21(26)24-18-10-2-1-9-17(18)23-19/h1-12H. The van der Waals surface area contributed by atoms with E-state index >= 15 is 0 Å². The smallest absolute Gasteiger partial charge is 0.270 e. The maximum absolute atomic E-state index is 11.3. The van der Waals surface area contributed by atoms with E-state index in [1.54, 1.807) is 24.3 Å². The van der Waals surface area contributed by atoms with E-state index in [1.807, 2.05) is 41.0 Å². The molecule has 0 amide bonds. The van der Waals surface area contributed by atoms with E-state index in [1.165, 1.54) is 12.1 Å². The van der Waals surface area contributed by atoms with Crippen LogP contribution in [0, 0.1) is 10.1 Å². The maximum Gasteiger partial charge on any atom is 0.270 e. The molecule has 29 heavy (non-hydrogen) atoms. The summed E-state index contributed by atoms with van der Waals surface area (Å²) in [7, 11) is 0. The fourth-order valence-corrected chi connectivity index (χ4v) is 3.45. The van der Waals surface area contributed by atoms with E-state index in [-0.39, 0.29) is 5.69 Å². The minimum atomic E-state index is -0.430. The summed E-state index contributed by atoms with van der Waals surface area (Å²) in [6.07, 6.45) is 0. The van der Waals surface area contributed by atoms with E-state index < -0.39 is 4.92 Å². The lowest BCUT2D eigenvalue weighted by Gasteiger charge is -2.09. The molecule has 5 aromatic rings. The molecule has 0 aliphatic rings. The molecule has 0 fully saturated rings. The van der Waals surface area contributed by atoms with Crippen LogP contribution in [0.3, 0.4) is 0 Å². The first-order valence-corrected chi connectivity index (χ1v) is 9.14. The Morgan fingerprint density at radius 1 is 0.862 bits per heavy atom. The number of aromatic nitrogens is 4. The molecule has 0 spiro atoms. The van der Waals surface area contributed by atoms with Crippen molar-refractivity contribution in [2.75, 3.05) is 0 Å². The summed E-state index contributed by atoms with van der Waals surface area (Å²) >= 11 is 6.21. The van der Waals surface area contributed by atoms with Gasteiger partial charge in [0.1, 0.15) is 5.82 Å². The number of nitrogens with zero attached hydrogens (tertiary/aromatic N) is 5. The van der Waals surface area contributed by atoms with Crippen LogP contribution in [0.4, 0.5) is 5.69 Å². The molecule has 0 aliphatic heterocycles. The van der Waals surface area contributed by atoms with Crippen molar-refractivity contribution in [2.24, 2.45) is 0 Å². The lowest BCUT2D eigenvalue weighted by Crippen LogP contribution is -1.99. The van der Waals surface area contributed by atoms with E-state index in [0.29, 0.717) is 27.7 Å². The zero-order valence-electron chi connectivity index (χ0n) is 14.9. The highest BCUT2D eigenvalue weighted by atomic mass is 35.5. The van der Waals surface area contributed by atoms with Crippen LogP contribution in [0.2, 0.25) is 5.02 Å². The second kappa shape index (κ2) is 6.65. The molecular weight excluding hydrogens is 390 g/mol. The first-order valence-electron chi connectivity index (χ1n) is 8.76. The molecule has 0 N–H and O–H groups in total. The summed E-state index contributed by atoms with van der Waals surface area (Å²) in [5, 5.41) is 11.8. The van der Waals surface area contributed by atoms with Crippen molar-refractivity contribution in [3.8, 4) is 17.1 Å². The lowest BCUT2D eigenvalue weighted by atomic mass is 10.2. The summed E-state index contributed by atoms with van der Waals surface area (Å²) in [5.41, 5.74) is 3.76. The minimum absolute atomic E-state index is 0.0155. The predicted octanol–water partition coefficient (Wildman–Crippen LogP) is 5.20. The van der Waals surface area contributed by atoms with Crippen molar-refractivity contribution >= 4 is 39.6 Å². The Bertz CT molecular complexity index is 1410. The van der Waals surface area contributed by atoms with Crippen LogP contribution in [-0.4, -0.2) is 24.4 Å². The molecule has 0 saturated heterocycles. The van der Waals surface area contributed by atoms with Crippen LogP contribution in [-0.2, 0) is 0 Å². The summed E-state index contributed by atoms with van der Waals surface area (Å²) in [5.74, 6) is 0.501. The Balaban J connectivity index is 1.87. The van der Waals surface area contributed by atoms with Crippen LogP contribution >= 0.6 is 11.6 Å². The highest BCUT2D eigenvalue weighted by Gasteiger charge is 2.19. The van der Waals surface area contributed by atoms with Crippen molar-refractivity contribution in [3.63, 3.8) is 0 Å². The van der Waals surface area contributed by atoms with Gasteiger partial charge in [0.25, 0.3) is 5.69 Å². The second-order valence-corrected chi connectivity index (χ2v) is 6.85. The number of para-hydroxylation sites is 2. The number of halogens is 1. The van der Waals surface area contributed by atoms with Crippen LogP contribution < -0.4 is 0 Å². The van der Waals surface area contributed by atoms with Gasteiger partial charge in [0.2, 0.25) is 0 Å². The average Bonchev–Trinajstić information content (AvgIpc) is 3.10. The van der Waals surface area contributed by atoms with Gasteiger partial charge >= 0.3 is 0 Å². The highest BCUT2D eigenvalue weighted by molar-refractivity contribution is 6.30. The fourth-order valence-electron chi connectivity index (χ4n) is 3.27. The third-order valence-electron chi connectivity index (χ3n) is 4.55. The molecule has 7 nitrogen and oxygen atoms in total. The molecule has 2 heterocycles. The number of non-ortho nitro benzene ring substituents is 1. The van der Waals surface area contributed by atoms with E-state index in [2.05, 4.69) is 9.97 Å². The van der Waals surface area contributed by atoms with Gasteiger partial charge in [0, 0.05) is 22.7 Å². The van der Waals surface area contributed by atoms with Gasteiger partial charge in [-0.3, -0.25) is 14.7 Å². The zero-order valence-corrected chi connectivity index (χ0v) is 15.6. The Kier molecular flexibility index (Phi) is 3.96. The number of nitro groups is 1. The highest BCUT2D eigenvalue weighted by Crippen LogP contribution is 2.30. The van der Waals surface area contributed by atoms with Crippen LogP contribution in [0.1, 0.15) is 0 Å². The van der Waals surface area contributed by atoms with E-state index in [0.717, 1.165) is 16.7 Å². The van der Waals surface area contributed by atoms with Crippen molar-refractivity contribution in [3.05, 3.63) is 87.9 Å². The minimum Gasteiger partial charge on any atom is -0.275 e. The molecule has 0 bridgehead atoms. The lowest BCUT2D eigenvalue weighted by molar-refractivity contribution is -0.384. The van der Waals surface area contributed by atoms with Gasteiger partial charge in [-0.25, -0.2) is 15.0 Å². The fraction of sp³-hybridized carbons (Fsp3) is 0. The van der Waals surface area contributed by atoms with Gasteiger partial charge < -0.3 is 0 Å². The molecule has 8 heteroatoms. The number of nitro benzene ring substituents is 1. The summed E-state index contributed by atoms with van der Waals surface area (Å²) in [4.78, 5) is 24.9. The SMILES string of the molecule is O=[N+]([O-])c1cccc(-c2nc3nc4ccccc4nc3n2-c2cccc(Cl)c2)c1. The summed E-state index contributed by atoms with van der Waals surface area (Å²) < 4.78 is 1.82. The zero-order chi connectivity index (χ0) is 20.0. The molecule has 0 unspecified atom stereocenters. The van der Waals surface area contributed by atoms with Crippen molar-refractivity contribution in [1.29, 1.82) is 0 Å². The van der Waals surface area contributed by atoms with Crippen molar-refractivity contribution in [2.45, 2.75) is 0 Å². The molecule has 0 radical (unpaired) electrons. The number of hydrogen-bond acceptors (Lipinski definition) is 5. The normalized spacial score (nSPS) is 11.2. The van der Waals surface area contributed by atoms with Gasteiger partial charge in [0.15, 0.2) is 11.3 Å².